The van der Waals surface area contributed by atoms with Gasteiger partial charge in [0.05, 0.1) is 5.75 Å². The molecular formula is C15H20N2O2S. The van der Waals surface area contributed by atoms with Crippen molar-refractivity contribution in [2.75, 3.05) is 25.4 Å². The molecule has 2 rings (SSSR count). The SMILES string of the molecule is O=C(CSc1ccccc1)NCCCN1CCCC1=O. The number of benzene rings is 1. The highest BCUT2D eigenvalue weighted by atomic mass is 32.2. The summed E-state index contributed by atoms with van der Waals surface area (Å²) in [5.74, 6) is 0.731. The molecule has 0 spiro atoms. The summed E-state index contributed by atoms with van der Waals surface area (Å²) in [6.45, 7) is 2.26. The number of carbonyl (C=O) groups is 2. The third kappa shape index (κ3) is 4.89. The molecule has 1 saturated heterocycles. The minimum absolute atomic E-state index is 0.0478. The Morgan fingerprint density at radius 3 is 2.80 bits per heavy atom. The number of carbonyl (C=O) groups excluding carboxylic acids is 2. The van der Waals surface area contributed by atoms with Crippen molar-refractivity contribution >= 4 is 23.6 Å². The molecule has 4 nitrogen and oxygen atoms in total. The van der Waals surface area contributed by atoms with Crippen LogP contribution in [0.2, 0.25) is 0 Å². The molecule has 0 aromatic heterocycles. The number of hydrogen-bond donors (Lipinski definition) is 1. The Morgan fingerprint density at radius 2 is 2.10 bits per heavy atom. The standard InChI is InChI=1S/C15H20N2O2S/c18-14(12-20-13-6-2-1-3-7-13)16-9-5-11-17-10-4-8-15(17)19/h1-3,6-7H,4-5,8-12H2,(H,16,18). The van der Waals surface area contributed by atoms with E-state index in [1.54, 1.807) is 0 Å². The van der Waals surface area contributed by atoms with Crippen molar-refractivity contribution in [3.63, 3.8) is 0 Å². The molecule has 0 radical (unpaired) electrons. The summed E-state index contributed by atoms with van der Waals surface area (Å²) in [4.78, 5) is 26.0. The maximum absolute atomic E-state index is 11.7. The zero-order chi connectivity index (χ0) is 14.2. The third-order valence-corrected chi connectivity index (χ3v) is 4.22. The van der Waals surface area contributed by atoms with Crippen LogP contribution in [0.5, 0.6) is 0 Å². The first-order valence-electron chi connectivity index (χ1n) is 6.98. The molecule has 1 aromatic rings. The van der Waals surface area contributed by atoms with Crippen LogP contribution in [0.25, 0.3) is 0 Å². The lowest BCUT2D eigenvalue weighted by molar-refractivity contribution is -0.127. The van der Waals surface area contributed by atoms with Crippen molar-refractivity contribution in [2.45, 2.75) is 24.2 Å². The van der Waals surface area contributed by atoms with Crippen molar-refractivity contribution in [2.24, 2.45) is 0 Å². The minimum Gasteiger partial charge on any atom is -0.355 e. The van der Waals surface area contributed by atoms with Gasteiger partial charge in [-0.15, -0.1) is 11.8 Å². The Balaban J connectivity index is 1.55. The quantitative estimate of drug-likeness (QED) is 0.617. The van der Waals surface area contributed by atoms with Crippen LogP contribution in [0.1, 0.15) is 19.3 Å². The van der Waals surface area contributed by atoms with Gasteiger partial charge in [-0.1, -0.05) is 18.2 Å². The third-order valence-electron chi connectivity index (χ3n) is 3.21. The molecule has 5 heteroatoms. The Labute approximate surface area is 123 Å². The maximum atomic E-state index is 11.7. The Morgan fingerprint density at radius 1 is 1.30 bits per heavy atom. The van der Waals surface area contributed by atoms with E-state index in [0.29, 0.717) is 18.7 Å². The minimum atomic E-state index is 0.0478. The van der Waals surface area contributed by atoms with E-state index >= 15 is 0 Å². The van der Waals surface area contributed by atoms with Gasteiger partial charge in [0, 0.05) is 31.0 Å². The average Bonchev–Trinajstić information content (AvgIpc) is 2.88. The van der Waals surface area contributed by atoms with E-state index in [9.17, 15) is 9.59 Å². The van der Waals surface area contributed by atoms with Gasteiger partial charge < -0.3 is 10.2 Å². The molecule has 0 unspecified atom stereocenters. The highest BCUT2D eigenvalue weighted by molar-refractivity contribution is 8.00. The predicted octanol–water partition coefficient (Wildman–Crippen LogP) is 1.91. The monoisotopic (exact) mass is 292 g/mol. The number of nitrogens with one attached hydrogen (secondary N) is 1. The van der Waals surface area contributed by atoms with Gasteiger partial charge in [0.2, 0.25) is 11.8 Å². The van der Waals surface area contributed by atoms with E-state index < -0.39 is 0 Å². The number of hydrogen-bond acceptors (Lipinski definition) is 3. The Bertz CT molecular complexity index is 450. The van der Waals surface area contributed by atoms with E-state index in [1.165, 1.54) is 11.8 Å². The second-order valence-corrected chi connectivity index (χ2v) is 5.84. The van der Waals surface area contributed by atoms with Crippen molar-refractivity contribution in [1.29, 1.82) is 0 Å². The fraction of sp³-hybridized carbons (Fsp3) is 0.467. The number of amides is 2. The molecule has 20 heavy (non-hydrogen) atoms. The van der Waals surface area contributed by atoms with E-state index in [4.69, 9.17) is 0 Å². The van der Waals surface area contributed by atoms with Crippen LogP contribution in [0, 0.1) is 0 Å². The summed E-state index contributed by atoms with van der Waals surface area (Å²) in [6, 6.07) is 9.89. The second kappa shape index (κ2) is 7.94. The highest BCUT2D eigenvalue weighted by Crippen LogP contribution is 2.16. The van der Waals surface area contributed by atoms with Gasteiger partial charge in [0.15, 0.2) is 0 Å². The van der Waals surface area contributed by atoms with Crippen LogP contribution in [-0.2, 0) is 9.59 Å². The summed E-state index contributed by atoms with van der Waals surface area (Å²) in [5.41, 5.74) is 0. The lowest BCUT2D eigenvalue weighted by atomic mass is 10.4. The van der Waals surface area contributed by atoms with Crippen molar-refractivity contribution < 1.29 is 9.59 Å². The lowest BCUT2D eigenvalue weighted by Crippen LogP contribution is -2.31. The largest absolute Gasteiger partial charge is 0.355 e. The normalized spacial score (nSPS) is 14.6. The molecule has 0 aliphatic carbocycles. The smallest absolute Gasteiger partial charge is 0.230 e. The van der Waals surface area contributed by atoms with E-state index in [1.807, 2.05) is 35.2 Å². The zero-order valence-corrected chi connectivity index (χ0v) is 12.3. The van der Waals surface area contributed by atoms with Crippen molar-refractivity contribution in [3.8, 4) is 0 Å². The van der Waals surface area contributed by atoms with Gasteiger partial charge in [-0.2, -0.15) is 0 Å². The van der Waals surface area contributed by atoms with Gasteiger partial charge >= 0.3 is 0 Å². The fourth-order valence-electron chi connectivity index (χ4n) is 2.15. The van der Waals surface area contributed by atoms with Crippen LogP contribution < -0.4 is 5.32 Å². The molecule has 1 aromatic carbocycles. The number of likely N-dealkylation sites (tertiary alicyclic amines) is 1. The number of thioether (sulfide) groups is 1. The molecule has 1 heterocycles. The van der Waals surface area contributed by atoms with Crippen LogP contribution in [0.4, 0.5) is 0 Å². The van der Waals surface area contributed by atoms with Crippen LogP contribution in [-0.4, -0.2) is 42.1 Å². The fourth-order valence-corrected chi connectivity index (χ4v) is 2.90. The van der Waals surface area contributed by atoms with Gasteiger partial charge in [-0.25, -0.2) is 0 Å². The van der Waals surface area contributed by atoms with Crippen LogP contribution >= 0.6 is 11.8 Å². The molecule has 1 N–H and O–H groups in total. The molecule has 0 bridgehead atoms. The highest BCUT2D eigenvalue weighted by Gasteiger charge is 2.18. The number of nitrogens with zero attached hydrogens (tertiary/aromatic N) is 1. The molecule has 1 aliphatic heterocycles. The Hall–Kier alpha value is -1.49. The van der Waals surface area contributed by atoms with Gasteiger partial charge in [0.25, 0.3) is 0 Å². The molecule has 0 saturated carbocycles. The van der Waals surface area contributed by atoms with Crippen LogP contribution in [0.3, 0.4) is 0 Å². The zero-order valence-electron chi connectivity index (χ0n) is 11.5. The predicted molar refractivity (Wildman–Crippen MR) is 80.6 cm³/mol. The van der Waals surface area contributed by atoms with Crippen molar-refractivity contribution in [1.82, 2.24) is 10.2 Å². The summed E-state index contributed by atoms with van der Waals surface area (Å²) < 4.78 is 0. The van der Waals surface area contributed by atoms with Gasteiger partial charge in [-0.05, 0) is 25.0 Å². The lowest BCUT2D eigenvalue weighted by Gasteiger charge is -2.15. The summed E-state index contributed by atoms with van der Waals surface area (Å²) in [7, 11) is 0. The first kappa shape index (κ1) is 14.9. The second-order valence-electron chi connectivity index (χ2n) is 4.79. The van der Waals surface area contributed by atoms with Gasteiger partial charge in [-0.3, -0.25) is 9.59 Å². The molecule has 1 aliphatic rings. The molecule has 0 atom stereocenters. The van der Waals surface area contributed by atoms with E-state index in [-0.39, 0.29) is 11.8 Å². The van der Waals surface area contributed by atoms with E-state index in [2.05, 4.69) is 5.32 Å². The topological polar surface area (TPSA) is 49.4 Å². The molecular weight excluding hydrogens is 272 g/mol. The maximum Gasteiger partial charge on any atom is 0.230 e. The van der Waals surface area contributed by atoms with Crippen molar-refractivity contribution in [3.05, 3.63) is 30.3 Å². The molecule has 108 valence electrons. The van der Waals surface area contributed by atoms with Gasteiger partial charge in [0.1, 0.15) is 0 Å². The average molecular weight is 292 g/mol. The Kier molecular flexibility index (Phi) is 5.92. The summed E-state index contributed by atoms with van der Waals surface area (Å²) in [6.07, 6.45) is 2.48. The first-order chi connectivity index (χ1) is 9.75. The number of rotatable bonds is 7. The first-order valence-corrected chi connectivity index (χ1v) is 7.96. The molecule has 1 fully saturated rings. The summed E-state index contributed by atoms with van der Waals surface area (Å²) >= 11 is 1.54. The van der Waals surface area contributed by atoms with Crippen LogP contribution in [0.15, 0.2) is 35.2 Å². The molecule has 2 amide bonds. The van der Waals surface area contributed by atoms with E-state index in [0.717, 1.165) is 30.8 Å². The summed E-state index contributed by atoms with van der Waals surface area (Å²) in [5, 5.41) is 2.89.